The highest BCUT2D eigenvalue weighted by molar-refractivity contribution is 5.82. The van der Waals surface area contributed by atoms with Crippen LogP contribution in [0.2, 0.25) is 0 Å². The Labute approximate surface area is 117 Å². The van der Waals surface area contributed by atoms with Crippen LogP contribution in [0.1, 0.15) is 26.7 Å². The molecule has 2 fully saturated rings. The summed E-state index contributed by atoms with van der Waals surface area (Å²) in [5, 5.41) is 14.9. The smallest absolute Gasteiger partial charge is 0.317 e. The molecule has 20 heavy (non-hydrogen) atoms. The van der Waals surface area contributed by atoms with Crippen LogP contribution in [0.3, 0.4) is 0 Å². The third kappa shape index (κ3) is 2.57. The zero-order chi connectivity index (χ0) is 14.9. The molecule has 2 atom stereocenters. The molecule has 0 radical (unpaired) electrons. The van der Waals surface area contributed by atoms with Crippen LogP contribution >= 0.6 is 0 Å². The van der Waals surface area contributed by atoms with Gasteiger partial charge in [0.25, 0.3) is 0 Å². The molecular formula is C13H21N3O4. The second-order valence-corrected chi connectivity index (χ2v) is 5.94. The predicted molar refractivity (Wildman–Crippen MR) is 71.0 cm³/mol. The standard InChI is InChI=1S/C13H21N3O4/c1-8(2)13(11(18)19)3-4-16(7-13)12(20)15-9-5-10(17)14-6-9/h8-9H,3-7H2,1-2H3,(H,14,17)(H,15,20)(H,18,19). The number of carbonyl (C=O) groups is 3. The molecule has 3 N–H and O–H groups in total. The number of likely N-dealkylation sites (tertiary alicyclic amines) is 1. The van der Waals surface area contributed by atoms with E-state index < -0.39 is 11.4 Å². The van der Waals surface area contributed by atoms with Gasteiger partial charge in [-0.3, -0.25) is 9.59 Å². The van der Waals surface area contributed by atoms with Crippen LogP contribution in [-0.2, 0) is 9.59 Å². The molecule has 2 saturated heterocycles. The molecule has 0 aromatic rings. The number of amides is 3. The fourth-order valence-electron chi connectivity index (χ4n) is 2.87. The van der Waals surface area contributed by atoms with Crippen molar-refractivity contribution in [3.05, 3.63) is 0 Å². The second-order valence-electron chi connectivity index (χ2n) is 5.94. The Bertz CT molecular complexity index is 437. The van der Waals surface area contributed by atoms with Crippen molar-refractivity contribution in [3.63, 3.8) is 0 Å². The Kier molecular flexibility index (Phi) is 3.87. The van der Waals surface area contributed by atoms with E-state index in [1.165, 1.54) is 4.90 Å². The molecule has 7 nitrogen and oxygen atoms in total. The maximum Gasteiger partial charge on any atom is 0.317 e. The molecule has 0 aromatic carbocycles. The van der Waals surface area contributed by atoms with Crippen LogP contribution in [0.25, 0.3) is 0 Å². The minimum absolute atomic E-state index is 0.0347. The molecule has 0 spiro atoms. The van der Waals surface area contributed by atoms with Gasteiger partial charge in [0.1, 0.15) is 0 Å². The number of carboxylic acid groups (broad SMARTS) is 1. The van der Waals surface area contributed by atoms with Gasteiger partial charge in [0, 0.05) is 26.1 Å². The average molecular weight is 283 g/mol. The van der Waals surface area contributed by atoms with Crippen molar-refractivity contribution >= 4 is 17.9 Å². The monoisotopic (exact) mass is 283 g/mol. The zero-order valence-corrected chi connectivity index (χ0v) is 11.8. The summed E-state index contributed by atoms with van der Waals surface area (Å²) in [6, 6.07) is -0.482. The van der Waals surface area contributed by atoms with Gasteiger partial charge in [-0.15, -0.1) is 0 Å². The van der Waals surface area contributed by atoms with Crippen LogP contribution in [0.4, 0.5) is 4.79 Å². The van der Waals surface area contributed by atoms with E-state index in [9.17, 15) is 19.5 Å². The minimum atomic E-state index is -0.860. The van der Waals surface area contributed by atoms with Crippen LogP contribution in [0.15, 0.2) is 0 Å². The number of nitrogens with zero attached hydrogens (tertiary/aromatic N) is 1. The van der Waals surface area contributed by atoms with Crippen molar-refractivity contribution in [3.8, 4) is 0 Å². The summed E-state index contributed by atoms with van der Waals surface area (Å²) in [6.45, 7) is 4.83. The summed E-state index contributed by atoms with van der Waals surface area (Å²) >= 11 is 0. The van der Waals surface area contributed by atoms with Gasteiger partial charge in [0.05, 0.1) is 11.5 Å². The lowest BCUT2D eigenvalue weighted by Crippen LogP contribution is -2.47. The van der Waals surface area contributed by atoms with E-state index >= 15 is 0 Å². The van der Waals surface area contributed by atoms with E-state index in [4.69, 9.17) is 0 Å². The largest absolute Gasteiger partial charge is 0.481 e. The fraction of sp³-hybridized carbons (Fsp3) is 0.769. The molecule has 2 unspecified atom stereocenters. The van der Waals surface area contributed by atoms with Gasteiger partial charge in [-0.25, -0.2) is 4.79 Å². The molecule has 3 amide bonds. The number of urea groups is 1. The third-order valence-electron chi connectivity index (χ3n) is 4.42. The summed E-state index contributed by atoms with van der Waals surface area (Å²) in [7, 11) is 0. The third-order valence-corrected chi connectivity index (χ3v) is 4.42. The minimum Gasteiger partial charge on any atom is -0.481 e. The molecule has 2 aliphatic heterocycles. The van der Waals surface area contributed by atoms with Crippen molar-refractivity contribution in [2.45, 2.75) is 32.7 Å². The highest BCUT2D eigenvalue weighted by Crippen LogP contribution is 2.38. The molecule has 2 aliphatic rings. The van der Waals surface area contributed by atoms with Crippen molar-refractivity contribution in [1.82, 2.24) is 15.5 Å². The van der Waals surface area contributed by atoms with Gasteiger partial charge >= 0.3 is 12.0 Å². The molecule has 2 rings (SSSR count). The number of aliphatic carboxylic acids is 1. The van der Waals surface area contributed by atoms with Crippen molar-refractivity contribution < 1.29 is 19.5 Å². The maximum atomic E-state index is 12.1. The molecule has 0 saturated carbocycles. The quantitative estimate of drug-likeness (QED) is 0.680. The van der Waals surface area contributed by atoms with Crippen LogP contribution in [0.5, 0.6) is 0 Å². The summed E-state index contributed by atoms with van der Waals surface area (Å²) in [6.07, 6.45) is 0.753. The van der Waals surface area contributed by atoms with Gasteiger partial charge < -0.3 is 20.6 Å². The first-order valence-electron chi connectivity index (χ1n) is 6.90. The first-order valence-corrected chi connectivity index (χ1v) is 6.90. The van der Waals surface area contributed by atoms with E-state index in [1.807, 2.05) is 13.8 Å². The summed E-state index contributed by atoms with van der Waals surface area (Å²) in [5.74, 6) is -0.952. The van der Waals surface area contributed by atoms with E-state index in [1.54, 1.807) is 0 Å². The molecular weight excluding hydrogens is 262 g/mol. The van der Waals surface area contributed by atoms with E-state index in [0.29, 0.717) is 19.5 Å². The molecule has 0 aliphatic carbocycles. The normalized spacial score (nSPS) is 29.6. The second kappa shape index (κ2) is 5.30. The van der Waals surface area contributed by atoms with E-state index in [-0.39, 0.29) is 36.9 Å². The molecule has 112 valence electrons. The topological polar surface area (TPSA) is 98.7 Å². The number of rotatable bonds is 3. The zero-order valence-electron chi connectivity index (χ0n) is 11.8. The Balaban J connectivity index is 1.96. The van der Waals surface area contributed by atoms with E-state index in [0.717, 1.165) is 0 Å². The lowest BCUT2D eigenvalue weighted by Gasteiger charge is -2.29. The van der Waals surface area contributed by atoms with Gasteiger partial charge in [-0.1, -0.05) is 13.8 Å². The summed E-state index contributed by atoms with van der Waals surface area (Å²) < 4.78 is 0. The van der Waals surface area contributed by atoms with Crippen LogP contribution in [-0.4, -0.2) is 53.6 Å². The summed E-state index contributed by atoms with van der Waals surface area (Å²) in [5.41, 5.74) is -0.860. The number of carboxylic acids is 1. The Morgan fingerprint density at radius 2 is 2.20 bits per heavy atom. The molecule has 0 bridgehead atoms. The Morgan fingerprint density at radius 3 is 2.65 bits per heavy atom. The van der Waals surface area contributed by atoms with Crippen molar-refractivity contribution in [2.75, 3.05) is 19.6 Å². The number of hydrogen-bond acceptors (Lipinski definition) is 3. The first kappa shape index (κ1) is 14.6. The number of nitrogens with one attached hydrogen (secondary N) is 2. The molecule has 0 aromatic heterocycles. The lowest BCUT2D eigenvalue weighted by atomic mass is 9.76. The fourth-order valence-corrected chi connectivity index (χ4v) is 2.87. The van der Waals surface area contributed by atoms with Gasteiger partial charge in [-0.05, 0) is 12.3 Å². The van der Waals surface area contributed by atoms with Crippen molar-refractivity contribution in [2.24, 2.45) is 11.3 Å². The first-order chi connectivity index (χ1) is 9.35. The Hall–Kier alpha value is -1.79. The van der Waals surface area contributed by atoms with Gasteiger partial charge in [0.2, 0.25) is 5.91 Å². The molecule has 7 heteroatoms. The summed E-state index contributed by atoms with van der Waals surface area (Å²) in [4.78, 5) is 36.3. The predicted octanol–water partition coefficient (Wildman–Crippen LogP) is 0.0172. The van der Waals surface area contributed by atoms with Crippen LogP contribution < -0.4 is 10.6 Å². The number of hydrogen-bond donors (Lipinski definition) is 3. The van der Waals surface area contributed by atoms with Crippen LogP contribution in [0, 0.1) is 11.3 Å². The highest BCUT2D eigenvalue weighted by Gasteiger charge is 2.48. The lowest BCUT2D eigenvalue weighted by molar-refractivity contribution is -0.150. The average Bonchev–Trinajstić information content (AvgIpc) is 2.96. The van der Waals surface area contributed by atoms with Gasteiger partial charge in [-0.2, -0.15) is 0 Å². The van der Waals surface area contributed by atoms with Gasteiger partial charge in [0.15, 0.2) is 0 Å². The Morgan fingerprint density at radius 1 is 1.50 bits per heavy atom. The van der Waals surface area contributed by atoms with E-state index in [2.05, 4.69) is 10.6 Å². The van der Waals surface area contributed by atoms with Crippen molar-refractivity contribution in [1.29, 1.82) is 0 Å². The SMILES string of the molecule is CC(C)C1(C(=O)O)CCN(C(=O)NC2CNC(=O)C2)C1. The molecule has 2 heterocycles. The highest BCUT2D eigenvalue weighted by atomic mass is 16.4. The maximum absolute atomic E-state index is 12.1. The number of carbonyl (C=O) groups excluding carboxylic acids is 2.